The molecule has 6 rings (SSSR count). The van der Waals surface area contributed by atoms with Gasteiger partial charge in [0.1, 0.15) is 6.54 Å². The fourth-order valence-electron chi connectivity index (χ4n) is 8.72. The van der Waals surface area contributed by atoms with Crippen molar-refractivity contribution in [3.05, 3.63) is 6.33 Å². The first-order valence-corrected chi connectivity index (χ1v) is 11.5. The third-order valence-corrected chi connectivity index (χ3v) is 10.0. The van der Waals surface area contributed by atoms with Crippen molar-refractivity contribution in [1.82, 2.24) is 20.2 Å². The molecule has 0 saturated heterocycles. The quantitative estimate of drug-likeness (QED) is 0.867. The fraction of sp³-hybridized carbons (Fsp3) is 0.909. The zero-order valence-corrected chi connectivity index (χ0v) is 16.8. The van der Waals surface area contributed by atoms with E-state index in [2.05, 4.69) is 22.3 Å². The number of carbonyl (C=O) groups is 1. The molecule has 5 aliphatic rings. The summed E-state index contributed by atoms with van der Waals surface area (Å²) in [5, 5.41) is 22.3. The van der Waals surface area contributed by atoms with E-state index in [0.717, 1.165) is 42.9 Å². The summed E-state index contributed by atoms with van der Waals surface area (Å²) in [4.78, 5) is 14.5. The average molecular weight is 385 g/mol. The molecule has 0 bridgehead atoms. The molecule has 152 valence electrons. The number of rotatable bonds is 3. The van der Waals surface area contributed by atoms with Crippen LogP contribution in [0, 0.1) is 46.8 Å². The van der Waals surface area contributed by atoms with Crippen molar-refractivity contribution < 1.29 is 9.90 Å². The number of tetrazole rings is 1. The van der Waals surface area contributed by atoms with E-state index in [1.165, 1.54) is 49.6 Å². The first-order valence-electron chi connectivity index (χ1n) is 11.5. The van der Waals surface area contributed by atoms with Crippen molar-refractivity contribution in [3.8, 4) is 0 Å². The number of fused-ring (bicyclic) bond motifs is 7. The normalized spacial score (nSPS) is 51.6. The van der Waals surface area contributed by atoms with E-state index in [9.17, 15) is 9.90 Å². The molecule has 1 N–H and O–H groups in total. The summed E-state index contributed by atoms with van der Waals surface area (Å²) >= 11 is 0. The molecule has 5 fully saturated rings. The summed E-state index contributed by atoms with van der Waals surface area (Å²) in [6, 6.07) is 0. The van der Waals surface area contributed by atoms with E-state index in [1.54, 1.807) is 0 Å². The number of nitrogens with zero attached hydrogens (tertiary/aromatic N) is 4. The summed E-state index contributed by atoms with van der Waals surface area (Å²) in [5.41, 5.74) is -0.127. The lowest BCUT2D eigenvalue weighted by Gasteiger charge is -2.56. The molecule has 0 aromatic carbocycles. The minimum Gasteiger partial charge on any atom is -0.390 e. The first kappa shape index (κ1) is 17.5. The molecule has 1 aromatic rings. The number of aromatic nitrogens is 4. The predicted molar refractivity (Wildman–Crippen MR) is 102 cm³/mol. The molecule has 6 heteroatoms. The van der Waals surface area contributed by atoms with Gasteiger partial charge in [0.15, 0.2) is 12.1 Å². The maximum Gasteiger partial charge on any atom is 0.162 e. The van der Waals surface area contributed by atoms with Gasteiger partial charge in [0.25, 0.3) is 0 Å². The zero-order valence-electron chi connectivity index (χ0n) is 16.8. The van der Waals surface area contributed by atoms with Crippen LogP contribution in [-0.2, 0) is 11.3 Å². The van der Waals surface area contributed by atoms with E-state index in [0.29, 0.717) is 17.6 Å². The maximum atomic E-state index is 13.1. The van der Waals surface area contributed by atoms with Gasteiger partial charge in [-0.15, -0.1) is 10.2 Å². The molecule has 0 spiro atoms. The van der Waals surface area contributed by atoms with E-state index < -0.39 is 0 Å². The summed E-state index contributed by atoms with van der Waals surface area (Å²) in [7, 11) is 0. The summed E-state index contributed by atoms with van der Waals surface area (Å²) in [5.74, 6) is 5.02. The highest BCUT2D eigenvalue weighted by Crippen LogP contribution is 2.68. The third kappa shape index (κ3) is 2.36. The van der Waals surface area contributed by atoms with Gasteiger partial charge in [-0.05, 0) is 104 Å². The SMILES string of the molecule is CC12CCC3C4CCC5(O)CC5C4CCC3C1CCC2C(=O)Cn1ncnn1. The molecule has 1 heterocycles. The van der Waals surface area contributed by atoms with Gasteiger partial charge < -0.3 is 5.11 Å². The van der Waals surface area contributed by atoms with Crippen LogP contribution in [0.15, 0.2) is 6.33 Å². The number of aliphatic hydroxyl groups is 1. The minimum absolute atomic E-state index is 0.153. The topological polar surface area (TPSA) is 80.9 Å². The molecular formula is C22H32N4O2. The van der Waals surface area contributed by atoms with Crippen molar-refractivity contribution in [2.24, 2.45) is 46.8 Å². The van der Waals surface area contributed by atoms with Gasteiger partial charge >= 0.3 is 0 Å². The van der Waals surface area contributed by atoms with Gasteiger partial charge in [0.2, 0.25) is 0 Å². The number of Topliss-reactive ketones (excluding diaryl/α,β-unsaturated/α-hetero) is 1. The van der Waals surface area contributed by atoms with Crippen molar-refractivity contribution in [2.75, 3.05) is 0 Å². The summed E-state index contributed by atoms with van der Waals surface area (Å²) in [6.45, 7) is 2.68. The number of hydrogen-bond acceptors (Lipinski definition) is 5. The number of ketones is 1. The smallest absolute Gasteiger partial charge is 0.162 e. The average Bonchev–Trinajstić information content (AvgIpc) is 3.00. The second-order valence-corrected chi connectivity index (χ2v) is 10.9. The molecule has 1 aromatic heterocycles. The van der Waals surface area contributed by atoms with Crippen molar-refractivity contribution in [3.63, 3.8) is 0 Å². The fourth-order valence-corrected chi connectivity index (χ4v) is 8.72. The highest BCUT2D eigenvalue weighted by molar-refractivity contribution is 5.81. The lowest BCUT2D eigenvalue weighted by molar-refractivity contribution is -0.132. The maximum absolute atomic E-state index is 13.1. The molecule has 9 unspecified atom stereocenters. The van der Waals surface area contributed by atoms with E-state index >= 15 is 0 Å². The Labute approximate surface area is 166 Å². The van der Waals surface area contributed by atoms with E-state index in [4.69, 9.17) is 0 Å². The Bertz CT molecular complexity index is 782. The van der Waals surface area contributed by atoms with Crippen molar-refractivity contribution >= 4 is 5.78 Å². The Morgan fingerprint density at radius 2 is 1.79 bits per heavy atom. The molecule has 0 aliphatic heterocycles. The van der Waals surface area contributed by atoms with Crippen molar-refractivity contribution in [2.45, 2.75) is 76.9 Å². The van der Waals surface area contributed by atoms with Gasteiger partial charge in [0.05, 0.1) is 5.60 Å². The van der Waals surface area contributed by atoms with Crippen LogP contribution in [0.4, 0.5) is 0 Å². The highest BCUT2D eigenvalue weighted by Gasteiger charge is 2.65. The predicted octanol–water partition coefficient (Wildman–Crippen LogP) is 2.87. The van der Waals surface area contributed by atoms with E-state index in [1.807, 2.05) is 0 Å². The van der Waals surface area contributed by atoms with Gasteiger partial charge in [-0.25, -0.2) is 0 Å². The lowest BCUT2D eigenvalue weighted by atomic mass is 9.49. The van der Waals surface area contributed by atoms with Crippen LogP contribution in [0.5, 0.6) is 0 Å². The first-order chi connectivity index (χ1) is 13.5. The van der Waals surface area contributed by atoms with Crippen molar-refractivity contribution in [1.29, 1.82) is 0 Å². The Morgan fingerprint density at radius 1 is 1.04 bits per heavy atom. The van der Waals surface area contributed by atoms with Crippen LogP contribution >= 0.6 is 0 Å². The van der Waals surface area contributed by atoms with Gasteiger partial charge in [0, 0.05) is 5.92 Å². The minimum atomic E-state index is -0.280. The second-order valence-electron chi connectivity index (χ2n) is 10.9. The molecule has 9 atom stereocenters. The molecule has 6 nitrogen and oxygen atoms in total. The van der Waals surface area contributed by atoms with Crippen LogP contribution in [0.3, 0.4) is 0 Å². The lowest BCUT2D eigenvalue weighted by Crippen LogP contribution is -2.50. The zero-order chi connectivity index (χ0) is 19.1. The van der Waals surface area contributed by atoms with Crippen LogP contribution < -0.4 is 0 Å². The van der Waals surface area contributed by atoms with Crippen LogP contribution in [0.25, 0.3) is 0 Å². The Kier molecular flexibility index (Phi) is 3.68. The molecule has 0 amide bonds. The van der Waals surface area contributed by atoms with Gasteiger partial charge in [-0.1, -0.05) is 6.92 Å². The number of carbonyl (C=O) groups excluding carboxylic acids is 1. The van der Waals surface area contributed by atoms with Crippen LogP contribution in [-0.4, -0.2) is 36.7 Å². The highest BCUT2D eigenvalue weighted by atomic mass is 16.3. The standard InChI is InChI=1S/C22H32N4O2/c1-21-8-6-13-14-7-9-22(28)10-19(22)16(14)3-2-15(13)17(21)4-5-18(21)20(27)11-26-24-12-23-25-26/h12-19,28H,2-11H2,1H3. The largest absolute Gasteiger partial charge is 0.390 e. The molecule has 28 heavy (non-hydrogen) atoms. The molecule has 5 aliphatic carbocycles. The molecule has 0 radical (unpaired) electrons. The summed E-state index contributed by atoms with van der Waals surface area (Å²) in [6.07, 6.45) is 12.1. The summed E-state index contributed by atoms with van der Waals surface area (Å²) < 4.78 is 0. The number of hydrogen-bond donors (Lipinski definition) is 1. The Balaban J connectivity index is 1.21. The van der Waals surface area contributed by atoms with Crippen LogP contribution in [0.1, 0.15) is 64.7 Å². The Hall–Kier alpha value is -1.30. The van der Waals surface area contributed by atoms with Gasteiger partial charge in [-0.2, -0.15) is 4.80 Å². The third-order valence-electron chi connectivity index (χ3n) is 10.0. The van der Waals surface area contributed by atoms with E-state index in [-0.39, 0.29) is 23.5 Å². The Morgan fingerprint density at radius 3 is 2.54 bits per heavy atom. The van der Waals surface area contributed by atoms with Crippen LogP contribution in [0.2, 0.25) is 0 Å². The molecular weight excluding hydrogens is 352 g/mol. The molecule has 5 saturated carbocycles. The van der Waals surface area contributed by atoms with Gasteiger partial charge in [-0.3, -0.25) is 4.79 Å². The second kappa shape index (κ2) is 5.87. The monoisotopic (exact) mass is 384 g/mol.